The lowest BCUT2D eigenvalue weighted by atomic mass is 10.1. The van der Waals surface area contributed by atoms with Crippen molar-refractivity contribution in [2.24, 2.45) is 0 Å². The van der Waals surface area contributed by atoms with Gasteiger partial charge in [-0.05, 0) is 13.0 Å². The van der Waals surface area contributed by atoms with Crippen molar-refractivity contribution >= 4 is 0 Å². The summed E-state index contributed by atoms with van der Waals surface area (Å²) in [7, 11) is 0. The second kappa shape index (κ2) is 2.94. The third-order valence-electron chi connectivity index (χ3n) is 1.94. The van der Waals surface area contributed by atoms with Gasteiger partial charge >= 0.3 is 0 Å². The first-order valence-corrected chi connectivity index (χ1v) is 3.98. The van der Waals surface area contributed by atoms with Crippen LogP contribution in [0.3, 0.4) is 0 Å². The monoisotopic (exact) mass is 175 g/mol. The minimum absolute atomic E-state index is 0.244. The molecular formula is C10H9NO2. The van der Waals surface area contributed by atoms with E-state index in [1.165, 1.54) is 0 Å². The highest BCUT2D eigenvalue weighted by atomic mass is 16.5. The molecule has 0 spiro atoms. The first-order valence-electron chi connectivity index (χ1n) is 3.98. The molecule has 0 saturated carbocycles. The second-order valence-corrected chi connectivity index (χ2v) is 2.81. The zero-order chi connectivity index (χ0) is 9.26. The zero-order valence-electron chi connectivity index (χ0n) is 7.19. The molecule has 0 bridgehead atoms. The maximum absolute atomic E-state index is 9.54. The molecule has 3 heteroatoms. The lowest BCUT2D eigenvalue weighted by Gasteiger charge is -2.00. The Morgan fingerprint density at radius 1 is 1.23 bits per heavy atom. The van der Waals surface area contributed by atoms with Crippen molar-refractivity contribution in [3.63, 3.8) is 0 Å². The number of benzene rings is 1. The number of aromatic hydroxyl groups is 1. The highest BCUT2D eigenvalue weighted by Gasteiger charge is 2.08. The van der Waals surface area contributed by atoms with Crippen LogP contribution in [0.1, 0.15) is 5.76 Å². The smallest absolute Gasteiger partial charge is 0.141 e. The van der Waals surface area contributed by atoms with Crippen molar-refractivity contribution in [3.05, 3.63) is 36.2 Å². The summed E-state index contributed by atoms with van der Waals surface area (Å²) in [5.74, 6) is 0.954. The minimum Gasteiger partial charge on any atom is -0.507 e. The van der Waals surface area contributed by atoms with Crippen molar-refractivity contribution in [1.29, 1.82) is 0 Å². The Labute approximate surface area is 75.6 Å². The van der Waals surface area contributed by atoms with Crippen LogP contribution < -0.4 is 0 Å². The molecule has 0 aliphatic rings. The molecule has 0 atom stereocenters. The Kier molecular flexibility index (Phi) is 1.77. The summed E-state index contributed by atoms with van der Waals surface area (Å²) in [6.45, 7) is 1.81. The van der Waals surface area contributed by atoms with Crippen molar-refractivity contribution in [2.75, 3.05) is 0 Å². The van der Waals surface area contributed by atoms with Crippen LogP contribution in [0.15, 0.2) is 35.0 Å². The number of para-hydroxylation sites is 1. The molecule has 2 aromatic rings. The highest BCUT2D eigenvalue weighted by molar-refractivity contribution is 5.70. The van der Waals surface area contributed by atoms with Gasteiger partial charge in [0.1, 0.15) is 11.5 Å². The second-order valence-electron chi connectivity index (χ2n) is 2.81. The van der Waals surface area contributed by atoms with Crippen LogP contribution in [0, 0.1) is 6.92 Å². The summed E-state index contributed by atoms with van der Waals surface area (Å²) < 4.78 is 4.91. The van der Waals surface area contributed by atoms with Gasteiger partial charge < -0.3 is 9.63 Å². The van der Waals surface area contributed by atoms with Crippen LogP contribution >= 0.6 is 0 Å². The van der Waals surface area contributed by atoms with E-state index in [1.54, 1.807) is 18.3 Å². The quantitative estimate of drug-likeness (QED) is 0.723. The maximum Gasteiger partial charge on any atom is 0.141 e. The Hall–Kier alpha value is -1.77. The molecule has 0 amide bonds. The van der Waals surface area contributed by atoms with Gasteiger partial charge in [0.15, 0.2) is 0 Å². The van der Waals surface area contributed by atoms with Crippen LogP contribution in [0.4, 0.5) is 0 Å². The zero-order valence-corrected chi connectivity index (χ0v) is 7.19. The molecule has 1 aromatic carbocycles. The van der Waals surface area contributed by atoms with Crippen molar-refractivity contribution < 1.29 is 9.63 Å². The Morgan fingerprint density at radius 2 is 2.00 bits per heavy atom. The van der Waals surface area contributed by atoms with E-state index in [-0.39, 0.29) is 5.75 Å². The van der Waals surface area contributed by atoms with Gasteiger partial charge in [0, 0.05) is 11.1 Å². The third-order valence-corrected chi connectivity index (χ3v) is 1.94. The highest BCUT2D eigenvalue weighted by Crippen LogP contribution is 2.30. The molecule has 1 aromatic heterocycles. The normalized spacial score (nSPS) is 10.2. The van der Waals surface area contributed by atoms with Crippen LogP contribution in [-0.4, -0.2) is 10.3 Å². The molecule has 0 unspecified atom stereocenters. The van der Waals surface area contributed by atoms with E-state index < -0.39 is 0 Å². The molecule has 0 saturated heterocycles. The summed E-state index contributed by atoms with van der Waals surface area (Å²) in [5, 5.41) is 13.2. The minimum atomic E-state index is 0.244. The molecule has 1 N–H and O–H groups in total. The molecule has 66 valence electrons. The van der Waals surface area contributed by atoms with Gasteiger partial charge in [-0.1, -0.05) is 23.4 Å². The fourth-order valence-electron chi connectivity index (χ4n) is 1.26. The van der Waals surface area contributed by atoms with Crippen molar-refractivity contribution in [1.82, 2.24) is 5.16 Å². The number of phenolic OH excluding ortho intramolecular Hbond substituents is 1. The van der Waals surface area contributed by atoms with E-state index in [0.717, 1.165) is 11.1 Å². The van der Waals surface area contributed by atoms with E-state index in [9.17, 15) is 5.11 Å². The van der Waals surface area contributed by atoms with E-state index in [1.807, 2.05) is 19.1 Å². The van der Waals surface area contributed by atoms with Gasteiger partial charge in [-0.25, -0.2) is 0 Å². The fourth-order valence-corrected chi connectivity index (χ4v) is 1.26. The Morgan fingerprint density at radius 3 is 2.62 bits per heavy atom. The van der Waals surface area contributed by atoms with E-state index in [2.05, 4.69) is 5.16 Å². The van der Waals surface area contributed by atoms with E-state index in [4.69, 9.17) is 4.52 Å². The summed E-state index contributed by atoms with van der Waals surface area (Å²) in [6.07, 6.45) is 1.60. The van der Waals surface area contributed by atoms with Gasteiger partial charge in [0.2, 0.25) is 0 Å². The van der Waals surface area contributed by atoms with Gasteiger partial charge in [-0.2, -0.15) is 0 Å². The summed E-state index contributed by atoms with van der Waals surface area (Å²) in [4.78, 5) is 0. The average Bonchev–Trinajstić information content (AvgIpc) is 2.52. The average molecular weight is 175 g/mol. The number of aromatic nitrogens is 1. The van der Waals surface area contributed by atoms with Crippen molar-refractivity contribution in [2.45, 2.75) is 6.92 Å². The Balaban J connectivity index is 2.59. The first kappa shape index (κ1) is 7.86. The number of aryl methyl sites for hydroxylation is 1. The topological polar surface area (TPSA) is 46.3 Å². The molecule has 0 aliphatic heterocycles. The van der Waals surface area contributed by atoms with Crippen LogP contribution in [0.25, 0.3) is 11.1 Å². The lowest BCUT2D eigenvalue weighted by molar-refractivity contribution is 0.397. The summed E-state index contributed by atoms with van der Waals surface area (Å²) >= 11 is 0. The molecule has 3 nitrogen and oxygen atoms in total. The molecule has 13 heavy (non-hydrogen) atoms. The molecule has 2 rings (SSSR count). The lowest BCUT2D eigenvalue weighted by Crippen LogP contribution is -1.77. The number of nitrogens with zero attached hydrogens (tertiary/aromatic N) is 1. The standard InChI is InChI=1S/C10H9NO2/c1-7-9(6-11-13-7)8-4-2-3-5-10(8)12/h2-6,12H,1H3. The van der Waals surface area contributed by atoms with Crippen LogP contribution in [-0.2, 0) is 0 Å². The molecular weight excluding hydrogens is 166 g/mol. The number of rotatable bonds is 1. The largest absolute Gasteiger partial charge is 0.507 e. The SMILES string of the molecule is Cc1oncc1-c1ccccc1O. The number of phenols is 1. The van der Waals surface area contributed by atoms with Gasteiger partial charge in [0.25, 0.3) is 0 Å². The Bertz CT molecular complexity index is 420. The van der Waals surface area contributed by atoms with Gasteiger partial charge in [-0.15, -0.1) is 0 Å². The number of hydrogen-bond acceptors (Lipinski definition) is 3. The predicted molar refractivity (Wildman–Crippen MR) is 48.3 cm³/mol. The van der Waals surface area contributed by atoms with Gasteiger partial charge in [-0.3, -0.25) is 0 Å². The van der Waals surface area contributed by atoms with Crippen LogP contribution in [0.2, 0.25) is 0 Å². The molecule has 0 aliphatic carbocycles. The summed E-state index contributed by atoms with van der Waals surface area (Å²) in [5.41, 5.74) is 1.58. The maximum atomic E-state index is 9.54. The molecule has 0 radical (unpaired) electrons. The first-order chi connectivity index (χ1) is 6.29. The molecule has 1 heterocycles. The summed E-state index contributed by atoms with van der Waals surface area (Å²) in [6, 6.07) is 7.11. The van der Waals surface area contributed by atoms with Crippen molar-refractivity contribution in [3.8, 4) is 16.9 Å². The van der Waals surface area contributed by atoms with E-state index >= 15 is 0 Å². The fraction of sp³-hybridized carbons (Fsp3) is 0.100. The van der Waals surface area contributed by atoms with Crippen LogP contribution in [0.5, 0.6) is 5.75 Å². The third kappa shape index (κ3) is 1.28. The number of hydrogen-bond donors (Lipinski definition) is 1. The predicted octanol–water partition coefficient (Wildman–Crippen LogP) is 2.36. The van der Waals surface area contributed by atoms with Gasteiger partial charge in [0.05, 0.1) is 6.20 Å². The molecule has 0 fully saturated rings. The van der Waals surface area contributed by atoms with E-state index in [0.29, 0.717) is 5.76 Å².